The van der Waals surface area contributed by atoms with Crippen LogP contribution in [0.15, 0.2) is 11.6 Å². The van der Waals surface area contributed by atoms with Crippen molar-refractivity contribution in [3.05, 3.63) is 16.6 Å². The number of thiazole rings is 1. The average Bonchev–Trinajstić information content (AvgIpc) is 2.82. The maximum atomic E-state index is 5.23. The largest absolute Gasteiger partial charge is 0.382 e. The van der Waals surface area contributed by atoms with E-state index in [9.17, 15) is 0 Å². The number of nitrogens with zero attached hydrogens (tertiary/aromatic N) is 1. The molecule has 1 heterocycles. The summed E-state index contributed by atoms with van der Waals surface area (Å²) in [6.45, 7) is 5.23. The van der Waals surface area contributed by atoms with Crippen LogP contribution in [0.3, 0.4) is 0 Å². The molecule has 0 aliphatic heterocycles. The Morgan fingerprint density at radius 3 is 3.00 bits per heavy atom. The summed E-state index contributed by atoms with van der Waals surface area (Å²) >= 11 is 6.82. The zero-order valence-corrected chi connectivity index (χ0v) is 11.7. The van der Waals surface area contributed by atoms with E-state index in [4.69, 9.17) is 17.0 Å². The SMILES string of the molecule is CCOCCCNC(=S)NCCc1nccs1. The van der Waals surface area contributed by atoms with Gasteiger partial charge in [0, 0.05) is 44.3 Å². The second-order valence-electron chi connectivity index (χ2n) is 3.41. The summed E-state index contributed by atoms with van der Waals surface area (Å²) in [7, 11) is 0. The Morgan fingerprint density at radius 1 is 1.47 bits per heavy atom. The summed E-state index contributed by atoms with van der Waals surface area (Å²) in [5.74, 6) is 0. The summed E-state index contributed by atoms with van der Waals surface area (Å²) in [5, 5.41) is 10.1. The van der Waals surface area contributed by atoms with E-state index < -0.39 is 0 Å². The summed E-state index contributed by atoms with van der Waals surface area (Å²) in [5.41, 5.74) is 0. The van der Waals surface area contributed by atoms with Crippen molar-refractivity contribution in [2.75, 3.05) is 26.3 Å². The summed E-state index contributed by atoms with van der Waals surface area (Å²) in [6, 6.07) is 0. The zero-order valence-electron chi connectivity index (χ0n) is 10.1. The van der Waals surface area contributed by atoms with Crippen LogP contribution in [0.5, 0.6) is 0 Å². The number of ether oxygens (including phenoxy) is 1. The molecule has 0 unspecified atom stereocenters. The molecule has 17 heavy (non-hydrogen) atoms. The number of rotatable bonds is 8. The van der Waals surface area contributed by atoms with Crippen molar-refractivity contribution in [1.29, 1.82) is 0 Å². The predicted molar refractivity (Wildman–Crippen MR) is 75.5 cm³/mol. The lowest BCUT2D eigenvalue weighted by Gasteiger charge is -2.09. The minimum atomic E-state index is 0.707. The van der Waals surface area contributed by atoms with Crippen LogP contribution in [0.25, 0.3) is 0 Å². The Morgan fingerprint density at radius 2 is 2.29 bits per heavy atom. The van der Waals surface area contributed by atoms with Gasteiger partial charge in [-0.25, -0.2) is 4.98 Å². The van der Waals surface area contributed by atoms with E-state index in [2.05, 4.69) is 15.6 Å². The fourth-order valence-electron chi connectivity index (χ4n) is 1.24. The van der Waals surface area contributed by atoms with Gasteiger partial charge in [-0.15, -0.1) is 11.3 Å². The molecule has 0 atom stereocenters. The van der Waals surface area contributed by atoms with E-state index in [-0.39, 0.29) is 0 Å². The van der Waals surface area contributed by atoms with Crippen molar-refractivity contribution in [3.63, 3.8) is 0 Å². The highest BCUT2D eigenvalue weighted by Gasteiger charge is 1.97. The van der Waals surface area contributed by atoms with E-state index in [1.165, 1.54) is 0 Å². The number of hydrogen-bond donors (Lipinski definition) is 2. The summed E-state index contributed by atoms with van der Waals surface area (Å²) in [6.07, 6.45) is 3.71. The molecular formula is C11H19N3OS2. The first kappa shape index (κ1) is 14.3. The molecule has 0 saturated carbocycles. The lowest BCUT2D eigenvalue weighted by molar-refractivity contribution is 0.145. The second-order valence-corrected chi connectivity index (χ2v) is 4.80. The van der Waals surface area contributed by atoms with Gasteiger partial charge in [-0.1, -0.05) is 0 Å². The minimum absolute atomic E-state index is 0.707. The molecule has 0 spiro atoms. The normalized spacial score (nSPS) is 10.2. The third kappa shape index (κ3) is 7.25. The molecule has 1 aromatic heterocycles. The molecule has 4 nitrogen and oxygen atoms in total. The van der Waals surface area contributed by atoms with Gasteiger partial charge >= 0.3 is 0 Å². The number of hydrogen-bond acceptors (Lipinski definition) is 4. The molecule has 0 bridgehead atoms. The van der Waals surface area contributed by atoms with Gasteiger partial charge in [0.2, 0.25) is 0 Å². The summed E-state index contributed by atoms with van der Waals surface area (Å²) < 4.78 is 5.23. The molecule has 0 fully saturated rings. The van der Waals surface area contributed by atoms with Crippen LogP contribution in [0.1, 0.15) is 18.4 Å². The highest BCUT2D eigenvalue weighted by Crippen LogP contribution is 2.03. The Labute approximate surface area is 112 Å². The maximum Gasteiger partial charge on any atom is 0.166 e. The third-order valence-electron chi connectivity index (χ3n) is 2.06. The van der Waals surface area contributed by atoms with Gasteiger partial charge in [-0.3, -0.25) is 0 Å². The lowest BCUT2D eigenvalue weighted by Crippen LogP contribution is -2.37. The molecule has 96 valence electrons. The van der Waals surface area contributed by atoms with E-state index in [0.717, 1.165) is 44.2 Å². The first-order chi connectivity index (χ1) is 8.33. The fraction of sp³-hybridized carbons (Fsp3) is 0.636. The van der Waals surface area contributed by atoms with Gasteiger partial charge in [0.25, 0.3) is 0 Å². The quantitative estimate of drug-likeness (QED) is 0.556. The molecule has 0 aliphatic carbocycles. The van der Waals surface area contributed by atoms with Crippen LogP contribution in [-0.2, 0) is 11.2 Å². The first-order valence-electron chi connectivity index (χ1n) is 5.80. The average molecular weight is 273 g/mol. The standard InChI is InChI=1S/C11H19N3OS2/c1-2-15-8-3-5-13-11(16)14-6-4-10-12-7-9-17-10/h7,9H,2-6,8H2,1H3,(H2,13,14,16). The number of aromatic nitrogens is 1. The second kappa shape index (κ2) is 9.32. The molecule has 0 radical (unpaired) electrons. The maximum absolute atomic E-state index is 5.23. The van der Waals surface area contributed by atoms with Crippen molar-refractivity contribution in [2.24, 2.45) is 0 Å². The van der Waals surface area contributed by atoms with Crippen LogP contribution in [0.4, 0.5) is 0 Å². The zero-order chi connectivity index (χ0) is 12.3. The molecule has 2 N–H and O–H groups in total. The molecule has 0 aromatic carbocycles. The highest BCUT2D eigenvalue weighted by molar-refractivity contribution is 7.80. The van der Waals surface area contributed by atoms with Gasteiger partial charge in [0.1, 0.15) is 0 Å². The van der Waals surface area contributed by atoms with Gasteiger partial charge in [-0.2, -0.15) is 0 Å². The van der Waals surface area contributed by atoms with E-state index in [1.807, 2.05) is 18.5 Å². The molecule has 0 aliphatic rings. The van der Waals surface area contributed by atoms with E-state index in [0.29, 0.717) is 5.11 Å². The van der Waals surface area contributed by atoms with Crippen LogP contribution in [0, 0.1) is 0 Å². The first-order valence-corrected chi connectivity index (χ1v) is 7.09. The van der Waals surface area contributed by atoms with Crippen LogP contribution in [0.2, 0.25) is 0 Å². The monoisotopic (exact) mass is 273 g/mol. The third-order valence-corrected chi connectivity index (χ3v) is 3.19. The Hall–Kier alpha value is -0.720. The molecular weight excluding hydrogens is 254 g/mol. The Balaban J connectivity index is 1.94. The smallest absolute Gasteiger partial charge is 0.166 e. The molecule has 0 amide bonds. The minimum Gasteiger partial charge on any atom is -0.382 e. The lowest BCUT2D eigenvalue weighted by atomic mass is 10.4. The number of nitrogens with one attached hydrogen (secondary N) is 2. The van der Waals surface area contributed by atoms with Crippen molar-refractivity contribution < 1.29 is 4.74 Å². The van der Waals surface area contributed by atoms with E-state index in [1.54, 1.807) is 11.3 Å². The van der Waals surface area contributed by atoms with Crippen LogP contribution in [-0.4, -0.2) is 36.4 Å². The van der Waals surface area contributed by atoms with Crippen molar-refractivity contribution in [2.45, 2.75) is 19.8 Å². The van der Waals surface area contributed by atoms with Crippen molar-refractivity contribution in [1.82, 2.24) is 15.6 Å². The predicted octanol–water partition coefficient (Wildman–Crippen LogP) is 1.58. The van der Waals surface area contributed by atoms with Gasteiger partial charge in [0.05, 0.1) is 5.01 Å². The van der Waals surface area contributed by atoms with Gasteiger partial charge in [0.15, 0.2) is 5.11 Å². The fourth-order valence-corrected chi connectivity index (χ4v) is 2.07. The van der Waals surface area contributed by atoms with Gasteiger partial charge in [-0.05, 0) is 25.6 Å². The molecule has 6 heteroatoms. The number of thiocarbonyl (C=S) groups is 1. The van der Waals surface area contributed by atoms with Crippen molar-refractivity contribution in [3.8, 4) is 0 Å². The van der Waals surface area contributed by atoms with Crippen LogP contribution >= 0.6 is 23.6 Å². The van der Waals surface area contributed by atoms with Gasteiger partial charge < -0.3 is 15.4 Å². The Kier molecular flexibility index (Phi) is 7.87. The van der Waals surface area contributed by atoms with Crippen molar-refractivity contribution >= 4 is 28.7 Å². The topological polar surface area (TPSA) is 46.2 Å². The molecule has 1 rings (SSSR count). The molecule has 0 saturated heterocycles. The summed E-state index contributed by atoms with van der Waals surface area (Å²) in [4.78, 5) is 4.21. The highest BCUT2D eigenvalue weighted by atomic mass is 32.1. The van der Waals surface area contributed by atoms with Crippen LogP contribution < -0.4 is 10.6 Å². The Bertz CT molecular complexity index is 304. The van der Waals surface area contributed by atoms with E-state index >= 15 is 0 Å². The molecule has 1 aromatic rings.